The van der Waals surface area contributed by atoms with Crippen molar-refractivity contribution in [2.45, 2.75) is 13.0 Å². The van der Waals surface area contributed by atoms with Gasteiger partial charge in [0.25, 0.3) is 0 Å². The third-order valence-corrected chi connectivity index (χ3v) is 3.33. The Morgan fingerprint density at radius 3 is 2.30 bits per heavy atom. The molecule has 0 aliphatic rings. The second-order valence-corrected chi connectivity index (χ2v) is 5.17. The highest BCUT2D eigenvalue weighted by Crippen LogP contribution is 2.27. The van der Waals surface area contributed by atoms with Gasteiger partial charge in [-0.25, -0.2) is 17.6 Å². The topological polar surface area (TPSA) is 12.0 Å². The van der Waals surface area contributed by atoms with Crippen molar-refractivity contribution in [2.75, 3.05) is 5.32 Å². The van der Waals surface area contributed by atoms with Crippen LogP contribution in [-0.2, 0) is 0 Å². The molecule has 0 fully saturated rings. The van der Waals surface area contributed by atoms with Gasteiger partial charge in [0.05, 0.1) is 11.7 Å². The minimum atomic E-state index is -1.56. The summed E-state index contributed by atoms with van der Waals surface area (Å²) in [5.41, 5.74) is 0.0658. The van der Waals surface area contributed by atoms with E-state index in [1.807, 2.05) is 0 Å². The lowest BCUT2D eigenvalue weighted by Gasteiger charge is -2.17. The third-order valence-electron chi connectivity index (χ3n) is 2.84. The van der Waals surface area contributed by atoms with Gasteiger partial charge in [0.2, 0.25) is 0 Å². The molecule has 0 aliphatic carbocycles. The summed E-state index contributed by atoms with van der Waals surface area (Å²) in [6.07, 6.45) is 0. The van der Waals surface area contributed by atoms with Crippen molar-refractivity contribution in [1.29, 1.82) is 0 Å². The first-order valence-corrected chi connectivity index (χ1v) is 6.54. The summed E-state index contributed by atoms with van der Waals surface area (Å²) in [7, 11) is 0. The maximum absolute atomic E-state index is 13.7. The zero-order valence-electron chi connectivity index (χ0n) is 10.4. The SMILES string of the molecule is CC(Nc1ccc(F)c(F)c1F)c1ccc(Br)cc1F. The van der Waals surface area contributed by atoms with Crippen LogP contribution in [0.15, 0.2) is 34.8 Å². The summed E-state index contributed by atoms with van der Waals surface area (Å²) in [6, 6.07) is 5.71. The molecule has 0 aromatic heterocycles. The molecule has 6 heteroatoms. The average Bonchev–Trinajstić information content (AvgIpc) is 2.39. The van der Waals surface area contributed by atoms with Crippen LogP contribution in [-0.4, -0.2) is 0 Å². The molecule has 0 amide bonds. The molecule has 2 aromatic rings. The lowest BCUT2D eigenvalue weighted by molar-refractivity contribution is 0.448. The van der Waals surface area contributed by atoms with Crippen LogP contribution in [0.2, 0.25) is 0 Å². The van der Waals surface area contributed by atoms with E-state index in [0.29, 0.717) is 4.47 Å². The highest BCUT2D eigenvalue weighted by atomic mass is 79.9. The Hall–Kier alpha value is -1.56. The summed E-state index contributed by atoms with van der Waals surface area (Å²) >= 11 is 3.13. The Bertz CT molecular complexity index is 645. The van der Waals surface area contributed by atoms with Crippen molar-refractivity contribution in [3.8, 4) is 0 Å². The van der Waals surface area contributed by atoms with Gasteiger partial charge >= 0.3 is 0 Å². The molecule has 106 valence electrons. The molecule has 0 heterocycles. The number of hydrogen-bond acceptors (Lipinski definition) is 1. The second-order valence-electron chi connectivity index (χ2n) is 4.25. The number of hydrogen-bond donors (Lipinski definition) is 1. The fourth-order valence-electron chi connectivity index (χ4n) is 1.80. The van der Waals surface area contributed by atoms with Gasteiger partial charge in [-0.3, -0.25) is 0 Å². The molecule has 1 unspecified atom stereocenters. The van der Waals surface area contributed by atoms with Crippen molar-refractivity contribution in [1.82, 2.24) is 0 Å². The van der Waals surface area contributed by atoms with E-state index < -0.39 is 29.3 Å². The lowest BCUT2D eigenvalue weighted by Crippen LogP contribution is -2.11. The van der Waals surface area contributed by atoms with E-state index in [9.17, 15) is 17.6 Å². The minimum absolute atomic E-state index is 0.223. The van der Waals surface area contributed by atoms with Crippen LogP contribution in [0.5, 0.6) is 0 Å². The van der Waals surface area contributed by atoms with Crippen LogP contribution >= 0.6 is 15.9 Å². The molecule has 2 aromatic carbocycles. The van der Waals surface area contributed by atoms with E-state index in [1.165, 1.54) is 12.1 Å². The highest BCUT2D eigenvalue weighted by Gasteiger charge is 2.17. The third kappa shape index (κ3) is 2.95. The molecule has 0 saturated heterocycles. The van der Waals surface area contributed by atoms with Gasteiger partial charge in [-0.1, -0.05) is 22.0 Å². The molecule has 20 heavy (non-hydrogen) atoms. The van der Waals surface area contributed by atoms with E-state index in [0.717, 1.165) is 12.1 Å². The quantitative estimate of drug-likeness (QED) is 0.595. The number of benzene rings is 2. The van der Waals surface area contributed by atoms with E-state index in [1.54, 1.807) is 13.0 Å². The number of halogens is 5. The minimum Gasteiger partial charge on any atom is -0.376 e. The predicted octanol–water partition coefficient (Wildman–Crippen LogP) is 5.18. The first kappa shape index (κ1) is 14.8. The zero-order chi connectivity index (χ0) is 14.9. The molecule has 0 saturated carbocycles. The molecule has 1 atom stereocenters. The van der Waals surface area contributed by atoms with Gasteiger partial charge in [0.1, 0.15) is 5.82 Å². The monoisotopic (exact) mass is 347 g/mol. The van der Waals surface area contributed by atoms with Gasteiger partial charge in [0, 0.05) is 10.0 Å². The average molecular weight is 348 g/mol. The van der Waals surface area contributed by atoms with E-state index >= 15 is 0 Å². The first-order chi connectivity index (χ1) is 9.40. The second kappa shape index (κ2) is 5.83. The van der Waals surface area contributed by atoms with Crippen molar-refractivity contribution < 1.29 is 17.6 Å². The van der Waals surface area contributed by atoms with Crippen molar-refractivity contribution in [2.24, 2.45) is 0 Å². The molecule has 0 radical (unpaired) electrons. The Kier molecular flexibility index (Phi) is 4.32. The summed E-state index contributed by atoms with van der Waals surface area (Å²) in [6.45, 7) is 1.59. The summed E-state index contributed by atoms with van der Waals surface area (Å²) in [5, 5.41) is 2.62. The van der Waals surface area contributed by atoms with Gasteiger partial charge in [-0.2, -0.15) is 0 Å². The molecular weight excluding hydrogens is 338 g/mol. The van der Waals surface area contributed by atoms with Crippen molar-refractivity contribution in [3.05, 3.63) is 63.6 Å². The standard InChI is InChI=1S/C14H10BrF4N/c1-7(9-3-2-8(15)6-11(9)17)20-12-5-4-10(16)13(18)14(12)19/h2-7,20H,1H3. The highest BCUT2D eigenvalue weighted by molar-refractivity contribution is 9.10. The largest absolute Gasteiger partial charge is 0.376 e. The summed E-state index contributed by atoms with van der Waals surface area (Å²) in [4.78, 5) is 0. The van der Waals surface area contributed by atoms with E-state index in [-0.39, 0.29) is 11.3 Å². The van der Waals surface area contributed by atoms with Crippen LogP contribution in [0.25, 0.3) is 0 Å². The van der Waals surface area contributed by atoms with E-state index in [4.69, 9.17) is 0 Å². The Morgan fingerprint density at radius 2 is 1.65 bits per heavy atom. The maximum atomic E-state index is 13.7. The van der Waals surface area contributed by atoms with Crippen LogP contribution in [0.3, 0.4) is 0 Å². The normalized spacial score (nSPS) is 12.3. The first-order valence-electron chi connectivity index (χ1n) is 5.75. The fraction of sp³-hybridized carbons (Fsp3) is 0.143. The number of anilines is 1. The molecule has 0 aliphatic heterocycles. The molecule has 0 bridgehead atoms. The Morgan fingerprint density at radius 1 is 0.950 bits per heavy atom. The number of nitrogens with one attached hydrogen (secondary N) is 1. The van der Waals surface area contributed by atoms with Crippen LogP contribution in [0, 0.1) is 23.3 Å². The smallest absolute Gasteiger partial charge is 0.196 e. The van der Waals surface area contributed by atoms with Crippen LogP contribution < -0.4 is 5.32 Å². The van der Waals surface area contributed by atoms with Gasteiger partial charge in [0.15, 0.2) is 17.5 Å². The maximum Gasteiger partial charge on any atom is 0.196 e. The molecule has 2 rings (SSSR count). The van der Waals surface area contributed by atoms with Gasteiger partial charge in [-0.05, 0) is 31.2 Å². The zero-order valence-corrected chi connectivity index (χ0v) is 11.9. The summed E-state index contributed by atoms with van der Waals surface area (Å²) < 4.78 is 53.8. The Balaban J connectivity index is 2.28. The lowest BCUT2D eigenvalue weighted by atomic mass is 10.1. The molecule has 1 nitrogen and oxygen atoms in total. The van der Waals surface area contributed by atoms with Gasteiger partial charge < -0.3 is 5.32 Å². The summed E-state index contributed by atoms with van der Waals surface area (Å²) in [5.74, 6) is -4.63. The molecule has 0 spiro atoms. The Labute approximate surface area is 121 Å². The van der Waals surface area contributed by atoms with Crippen molar-refractivity contribution in [3.63, 3.8) is 0 Å². The molecular formula is C14H10BrF4N. The fourth-order valence-corrected chi connectivity index (χ4v) is 2.13. The van der Waals surface area contributed by atoms with Gasteiger partial charge in [-0.15, -0.1) is 0 Å². The van der Waals surface area contributed by atoms with Crippen LogP contribution in [0.4, 0.5) is 23.2 Å². The van der Waals surface area contributed by atoms with Crippen LogP contribution in [0.1, 0.15) is 18.5 Å². The predicted molar refractivity (Wildman–Crippen MR) is 72.5 cm³/mol. The van der Waals surface area contributed by atoms with E-state index in [2.05, 4.69) is 21.2 Å². The van der Waals surface area contributed by atoms with Crippen molar-refractivity contribution >= 4 is 21.6 Å². The number of rotatable bonds is 3. The molecule has 1 N–H and O–H groups in total.